The molecule has 2 aromatic carbocycles. The maximum Gasteiger partial charge on any atom is 0.229 e. The van der Waals surface area contributed by atoms with E-state index in [1.54, 1.807) is 18.3 Å². The van der Waals surface area contributed by atoms with Crippen molar-refractivity contribution in [2.45, 2.75) is 6.92 Å². The van der Waals surface area contributed by atoms with E-state index in [9.17, 15) is 5.26 Å². The number of nitrogens with zero attached hydrogens (tertiary/aromatic N) is 3. The van der Waals surface area contributed by atoms with Crippen molar-refractivity contribution in [2.24, 2.45) is 0 Å². The summed E-state index contributed by atoms with van der Waals surface area (Å²) in [7, 11) is 0. The average molecular weight is 331 g/mol. The highest BCUT2D eigenvalue weighted by molar-refractivity contribution is 5.66. The van der Waals surface area contributed by atoms with Crippen LogP contribution < -0.4 is 15.4 Å². The Morgan fingerprint density at radius 3 is 2.56 bits per heavy atom. The molecule has 3 rings (SSSR count). The first kappa shape index (κ1) is 16.3. The first-order valence-electron chi connectivity index (χ1n) is 7.88. The number of aromatic nitrogens is 2. The molecule has 0 atom stereocenters. The van der Waals surface area contributed by atoms with Crippen molar-refractivity contribution in [3.05, 3.63) is 66.4 Å². The minimum atomic E-state index is 0.437. The molecule has 0 spiro atoms. The van der Waals surface area contributed by atoms with E-state index in [1.807, 2.05) is 49.4 Å². The number of anilines is 4. The molecule has 3 aromatic rings. The average Bonchev–Trinajstić information content (AvgIpc) is 2.64. The topological polar surface area (TPSA) is 82.9 Å². The van der Waals surface area contributed by atoms with Gasteiger partial charge in [-0.1, -0.05) is 24.3 Å². The summed E-state index contributed by atoms with van der Waals surface area (Å²) in [4.78, 5) is 8.68. The molecular formula is C19H17N5O. The van der Waals surface area contributed by atoms with Crippen molar-refractivity contribution in [1.29, 1.82) is 5.26 Å². The van der Waals surface area contributed by atoms with Crippen LogP contribution >= 0.6 is 0 Å². The largest absolute Gasteiger partial charge is 0.492 e. The number of nitriles is 1. The molecule has 0 unspecified atom stereocenters. The molecule has 0 radical (unpaired) electrons. The van der Waals surface area contributed by atoms with Crippen molar-refractivity contribution >= 4 is 23.1 Å². The molecule has 6 nitrogen and oxygen atoms in total. The summed E-state index contributed by atoms with van der Waals surface area (Å²) >= 11 is 0. The van der Waals surface area contributed by atoms with Crippen LogP contribution in [-0.4, -0.2) is 16.6 Å². The Kier molecular flexibility index (Phi) is 5.07. The molecule has 0 fully saturated rings. The standard InChI is InChI=1S/C19H17N5O/c1-2-25-17-10-6-5-9-16(17)23-19-21-12-11-18(24-19)22-15-8-4-3-7-14(15)13-20/h3-12H,2H2,1H3,(H2,21,22,23,24). The number of ether oxygens (including phenoxy) is 1. The van der Waals surface area contributed by atoms with Gasteiger partial charge in [0, 0.05) is 6.20 Å². The van der Waals surface area contributed by atoms with Crippen LogP contribution in [0.1, 0.15) is 12.5 Å². The van der Waals surface area contributed by atoms with Gasteiger partial charge < -0.3 is 15.4 Å². The molecule has 2 N–H and O–H groups in total. The molecule has 0 saturated carbocycles. The fraction of sp³-hybridized carbons (Fsp3) is 0.105. The van der Waals surface area contributed by atoms with Gasteiger partial charge in [0.05, 0.1) is 23.5 Å². The highest BCUT2D eigenvalue weighted by atomic mass is 16.5. The van der Waals surface area contributed by atoms with Crippen LogP contribution in [0.2, 0.25) is 0 Å². The van der Waals surface area contributed by atoms with Gasteiger partial charge in [0.1, 0.15) is 17.6 Å². The zero-order chi connectivity index (χ0) is 17.5. The Labute approximate surface area is 146 Å². The van der Waals surface area contributed by atoms with E-state index in [2.05, 4.69) is 26.7 Å². The van der Waals surface area contributed by atoms with Crippen molar-refractivity contribution in [1.82, 2.24) is 9.97 Å². The van der Waals surface area contributed by atoms with Crippen molar-refractivity contribution in [3.63, 3.8) is 0 Å². The summed E-state index contributed by atoms with van der Waals surface area (Å²) < 4.78 is 5.60. The van der Waals surface area contributed by atoms with Gasteiger partial charge in [-0.25, -0.2) is 4.98 Å². The Morgan fingerprint density at radius 1 is 1.00 bits per heavy atom. The zero-order valence-corrected chi connectivity index (χ0v) is 13.7. The second kappa shape index (κ2) is 7.79. The summed E-state index contributed by atoms with van der Waals surface area (Å²) in [5, 5.41) is 15.5. The maximum atomic E-state index is 9.18. The zero-order valence-electron chi connectivity index (χ0n) is 13.7. The van der Waals surface area contributed by atoms with Gasteiger partial charge in [-0.05, 0) is 37.3 Å². The second-order valence-electron chi connectivity index (χ2n) is 5.10. The number of hydrogen-bond acceptors (Lipinski definition) is 6. The summed E-state index contributed by atoms with van der Waals surface area (Å²) in [5.74, 6) is 1.77. The van der Waals surface area contributed by atoms with Gasteiger partial charge in [-0.15, -0.1) is 0 Å². The van der Waals surface area contributed by atoms with E-state index in [0.717, 1.165) is 11.4 Å². The summed E-state index contributed by atoms with van der Waals surface area (Å²) in [6.45, 7) is 2.51. The third kappa shape index (κ3) is 4.03. The highest BCUT2D eigenvalue weighted by Gasteiger charge is 2.07. The predicted octanol–water partition coefficient (Wildman–Crippen LogP) is 4.23. The van der Waals surface area contributed by atoms with Crippen molar-refractivity contribution in [2.75, 3.05) is 17.2 Å². The first-order valence-corrected chi connectivity index (χ1v) is 7.88. The molecule has 0 aliphatic rings. The Bertz CT molecular complexity index is 904. The van der Waals surface area contributed by atoms with E-state index in [0.29, 0.717) is 29.6 Å². The minimum Gasteiger partial charge on any atom is -0.492 e. The number of rotatable bonds is 6. The van der Waals surface area contributed by atoms with Crippen LogP contribution in [0.25, 0.3) is 0 Å². The lowest BCUT2D eigenvalue weighted by Gasteiger charge is -2.12. The van der Waals surface area contributed by atoms with E-state index in [1.165, 1.54) is 0 Å². The van der Waals surface area contributed by atoms with Crippen LogP contribution in [0.3, 0.4) is 0 Å². The van der Waals surface area contributed by atoms with Crippen molar-refractivity contribution < 1.29 is 4.74 Å². The highest BCUT2D eigenvalue weighted by Crippen LogP contribution is 2.26. The second-order valence-corrected chi connectivity index (χ2v) is 5.10. The minimum absolute atomic E-state index is 0.437. The lowest BCUT2D eigenvalue weighted by molar-refractivity contribution is 0.342. The van der Waals surface area contributed by atoms with Crippen LogP contribution in [0.4, 0.5) is 23.1 Å². The van der Waals surface area contributed by atoms with Gasteiger partial charge in [0.25, 0.3) is 0 Å². The van der Waals surface area contributed by atoms with Crippen LogP contribution in [0.5, 0.6) is 5.75 Å². The summed E-state index contributed by atoms with van der Waals surface area (Å²) in [6.07, 6.45) is 1.65. The van der Waals surface area contributed by atoms with E-state index >= 15 is 0 Å². The predicted molar refractivity (Wildman–Crippen MR) is 97.4 cm³/mol. The lowest BCUT2D eigenvalue weighted by atomic mass is 10.2. The molecule has 0 bridgehead atoms. The fourth-order valence-corrected chi connectivity index (χ4v) is 2.29. The van der Waals surface area contributed by atoms with Gasteiger partial charge >= 0.3 is 0 Å². The molecule has 6 heteroatoms. The number of hydrogen-bond donors (Lipinski definition) is 2. The van der Waals surface area contributed by atoms with Crippen LogP contribution in [0, 0.1) is 11.3 Å². The lowest BCUT2D eigenvalue weighted by Crippen LogP contribution is -2.03. The van der Waals surface area contributed by atoms with Gasteiger partial charge in [0.15, 0.2) is 0 Å². The van der Waals surface area contributed by atoms with Crippen molar-refractivity contribution in [3.8, 4) is 11.8 Å². The van der Waals surface area contributed by atoms with Crippen LogP contribution in [-0.2, 0) is 0 Å². The Hall–Kier alpha value is -3.59. The molecule has 0 aliphatic carbocycles. The fourth-order valence-electron chi connectivity index (χ4n) is 2.29. The van der Waals surface area contributed by atoms with E-state index in [-0.39, 0.29) is 0 Å². The Morgan fingerprint density at radius 2 is 1.76 bits per heavy atom. The third-order valence-electron chi connectivity index (χ3n) is 3.40. The smallest absolute Gasteiger partial charge is 0.229 e. The van der Waals surface area contributed by atoms with E-state index in [4.69, 9.17) is 4.74 Å². The molecule has 1 heterocycles. The van der Waals surface area contributed by atoms with E-state index < -0.39 is 0 Å². The summed E-state index contributed by atoms with van der Waals surface area (Å²) in [6, 6.07) is 18.8. The van der Waals surface area contributed by atoms with Gasteiger partial charge in [-0.2, -0.15) is 10.2 Å². The molecule has 124 valence electrons. The molecular weight excluding hydrogens is 314 g/mol. The normalized spacial score (nSPS) is 9.92. The molecule has 0 aliphatic heterocycles. The van der Waals surface area contributed by atoms with Gasteiger partial charge in [0.2, 0.25) is 5.95 Å². The summed E-state index contributed by atoms with van der Waals surface area (Å²) in [5.41, 5.74) is 2.04. The van der Waals surface area contributed by atoms with Crippen LogP contribution in [0.15, 0.2) is 60.8 Å². The monoisotopic (exact) mass is 331 g/mol. The number of nitrogens with one attached hydrogen (secondary N) is 2. The third-order valence-corrected chi connectivity index (χ3v) is 3.40. The quantitative estimate of drug-likeness (QED) is 0.703. The number of para-hydroxylation sites is 3. The Balaban J connectivity index is 1.82. The maximum absolute atomic E-state index is 9.18. The molecule has 1 aromatic heterocycles. The molecule has 0 saturated heterocycles. The first-order chi connectivity index (χ1) is 12.3. The molecule has 25 heavy (non-hydrogen) atoms. The molecule has 0 amide bonds. The van der Waals surface area contributed by atoms with Gasteiger partial charge in [-0.3, -0.25) is 0 Å². The SMILES string of the molecule is CCOc1ccccc1Nc1nccc(Nc2ccccc2C#N)n1. The number of benzene rings is 2.